The molecule has 0 aromatic heterocycles. The Labute approximate surface area is 305 Å². The fourth-order valence-corrected chi connectivity index (χ4v) is 10.1. The first-order valence-electron chi connectivity index (χ1n) is 18.0. The maximum Gasteiger partial charge on any atom is 0.286 e. The van der Waals surface area contributed by atoms with Crippen molar-refractivity contribution in [1.82, 2.24) is 4.72 Å². The second kappa shape index (κ2) is 15.1. The quantitative estimate of drug-likeness (QED) is 0.271. The molecule has 1 fully saturated rings. The van der Waals surface area contributed by atoms with Gasteiger partial charge >= 0.3 is 0 Å². The van der Waals surface area contributed by atoms with Gasteiger partial charge in [0.2, 0.25) is 5.91 Å². The molecule has 0 saturated heterocycles. The molecule has 8 nitrogen and oxygen atoms in total. The van der Waals surface area contributed by atoms with Gasteiger partial charge in [-0.2, -0.15) is 0 Å². The summed E-state index contributed by atoms with van der Waals surface area (Å²) in [5.41, 5.74) is 4.13. The second-order valence-electron chi connectivity index (χ2n) is 14.5. The minimum absolute atomic E-state index is 0.0151. The van der Waals surface area contributed by atoms with E-state index in [9.17, 15) is 18.2 Å². The normalized spacial score (nSPS) is 28.3. The van der Waals surface area contributed by atoms with Gasteiger partial charge < -0.3 is 14.4 Å². The van der Waals surface area contributed by atoms with Gasteiger partial charge in [0.1, 0.15) is 21.5 Å². The average Bonchev–Trinajstić information content (AvgIpc) is 3.25. The van der Waals surface area contributed by atoms with Crippen LogP contribution in [0.2, 0.25) is 5.02 Å². The van der Waals surface area contributed by atoms with Gasteiger partial charge in [-0.25, -0.2) is 8.60 Å². The lowest BCUT2D eigenvalue weighted by molar-refractivity contribution is -0.119. The van der Waals surface area contributed by atoms with Crippen molar-refractivity contribution in [1.29, 1.82) is 0 Å². The highest BCUT2D eigenvalue weighted by Gasteiger charge is 2.44. The topological polar surface area (TPSA) is 97.3 Å². The Hall–Kier alpha value is -3.73. The molecule has 2 aliphatic carbocycles. The highest BCUT2D eigenvalue weighted by atomic mass is 35.5. The molecule has 7 rings (SSSR count). The molecule has 1 unspecified atom stereocenters. The molecular formula is C40H45ClFN3O5S. The standard InChI is InChI=1S/C40H45ClFN3O5S/c1-49-36-7-3-2-4-21-51(48,43-38(46)19-10-27-8-14-32(42)15-9-27)44-39(47)29-12-18-37-35(23-29)45(24-30-11-16-33(30)36)25-40(26-50-37)20-5-6-28-22-31(41)13-17-34(28)40/h3,7-9,12-15,17-18,22-23,30,33,36H,2,4-6,10-11,16,19-21,24-26H2,1H3,(H,43,44,46,47,48)/b7-3+/t30-,33+,36-,40-,51?/m0/s1. The number of anilines is 1. The van der Waals surface area contributed by atoms with E-state index in [1.165, 1.54) is 23.3 Å². The van der Waals surface area contributed by atoms with Gasteiger partial charge in [-0.1, -0.05) is 42.0 Å². The highest BCUT2D eigenvalue weighted by Crippen LogP contribution is 2.47. The number of hydrogen-bond donors (Lipinski definition) is 1. The van der Waals surface area contributed by atoms with Crippen LogP contribution in [0.15, 0.2) is 77.2 Å². The van der Waals surface area contributed by atoms with Crippen LogP contribution in [0, 0.1) is 17.7 Å². The van der Waals surface area contributed by atoms with E-state index in [1.54, 1.807) is 25.3 Å². The van der Waals surface area contributed by atoms with Gasteiger partial charge in [0, 0.05) is 42.6 Å². The van der Waals surface area contributed by atoms with Gasteiger partial charge in [-0.15, -0.1) is 4.36 Å². The molecule has 2 aliphatic heterocycles. The van der Waals surface area contributed by atoms with Crippen molar-refractivity contribution in [2.45, 2.75) is 69.3 Å². The summed E-state index contributed by atoms with van der Waals surface area (Å²) in [4.78, 5) is 29.3. The number of benzene rings is 3. The predicted octanol–water partition coefficient (Wildman–Crippen LogP) is 7.62. The molecular weight excluding hydrogens is 689 g/mol. The minimum atomic E-state index is -3.46. The largest absolute Gasteiger partial charge is 0.490 e. The van der Waals surface area contributed by atoms with Crippen LogP contribution in [0.5, 0.6) is 5.75 Å². The lowest BCUT2D eigenvalue weighted by atomic mass is 9.68. The molecule has 11 heteroatoms. The highest BCUT2D eigenvalue weighted by molar-refractivity contribution is 7.92. The van der Waals surface area contributed by atoms with Gasteiger partial charge in [0.15, 0.2) is 0 Å². The third-order valence-electron chi connectivity index (χ3n) is 11.1. The molecule has 1 N–H and O–H groups in total. The monoisotopic (exact) mass is 733 g/mol. The van der Waals surface area contributed by atoms with Crippen molar-refractivity contribution < 1.29 is 27.7 Å². The van der Waals surface area contributed by atoms with Gasteiger partial charge in [0.25, 0.3) is 5.91 Å². The van der Waals surface area contributed by atoms with Crippen molar-refractivity contribution in [2.75, 3.05) is 37.5 Å². The number of nitrogens with zero attached hydrogens (tertiary/aromatic N) is 2. The Kier molecular flexibility index (Phi) is 10.6. The Morgan fingerprint density at radius 3 is 2.76 bits per heavy atom. The maximum absolute atomic E-state index is 14.2. The SMILES string of the molecule is CO[C@H]1/C=C/CCCS(=O)(NC(=O)CCc2ccc(F)cc2)=NC(=O)c2ccc3c(c2)N(C[C@@H]2CC[C@H]21)C[C@@]1(CCCc2cc(Cl)ccc21)CO3. The van der Waals surface area contributed by atoms with E-state index in [0.29, 0.717) is 50.0 Å². The number of aryl methyl sites for hydroxylation is 2. The lowest BCUT2D eigenvalue weighted by Gasteiger charge is -2.46. The van der Waals surface area contributed by atoms with Gasteiger partial charge in [0.05, 0.1) is 24.2 Å². The van der Waals surface area contributed by atoms with E-state index in [4.69, 9.17) is 21.1 Å². The molecule has 2 heterocycles. The van der Waals surface area contributed by atoms with Crippen LogP contribution < -0.4 is 14.4 Å². The summed E-state index contributed by atoms with van der Waals surface area (Å²) in [5, 5.41) is 0.733. The number of fused-ring (bicyclic) bond motifs is 4. The third kappa shape index (κ3) is 7.88. The Morgan fingerprint density at radius 1 is 1.14 bits per heavy atom. The molecule has 2 amide bonds. The number of carbonyl (C=O) groups is 2. The number of carbonyl (C=O) groups excluding carboxylic acids is 2. The van der Waals surface area contributed by atoms with Crippen molar-refractivity contribution in [3.05, 3.63) is 106 Å². The molecule has 4 aliphatic rings. The van der Waals surface area contributed by atoms with Crippen LogP contribution in [-0.2, 0) is 37.7 Å². The van der Waals surface area contributed by atoms with Crippen molar-refractivity contribution in [3.63, 3.8) is 0 Å². The predicted molar refractivity (Wildman–Crippen MR) is 198 cm³/mol. The van der Waals surface area contributed by atoms with Crippen LogP contribution in [-0.4, -0.2) is 54.7 Å². The first kappa shape index (κ1) is 35.7. The Morgan fingerprint density at radius 2 is 1.98 bits per heavy atom. The van der Waals surface area contributed by atoms with Crippen molar-refractivity contribution in [2.24, 2.45) is 16.2 Å². The minimum Gasteiger partial charge on any atom is -0.490 e. The Balaban J connectivity index is 1.23. The van der Waals surface area contributed by atoms with Crippen LogP contribution in [0.1, 0.15) is 72.0 Å². The van der Waals surface area contributed by atoms with E-state index in [0.717, 1.165) is 54.9 Å². The smallest absolute Gasteiger partial charge is 0.286 e. The number of amides is 2. The van der Waals surface area contributed by atoms with Crippen LogP contribution >= 0.6 is 11.6 Å². The molecule has 270 valence electrons. The number of halogens is 2. The average molecular weight is 734 g/mol. The van der Waals surface area contributed by atoms with E-state index >= 15 is 0 Å². The molecule has 3 aromatic rings. The summed E-state index contributed by atoms with van der Waals surface area (Å²) in [6, 6.07) is 17.4. The zero-order valence-electron chi connectivity index (χ0n) is 29.0. The van der Waals surface area contributed by atoms with Crippen LogP contribution in [0.25, 0.3) is 0 Å². The van der Waals surface area contributed by atoms with Crippen LogP contribution in [0.3, 0.4) is 0 Å². The molecule has 1 spiro atoms. The zero-order valence-corrected chi connectivity index (χ0v) is 30.5. The van der Waals surface area contributed by atoms with Crippen molar-refractivity contribution >= 4 is 39.0 Å². The summed E-state index contributed by atoms with van der Waals surface area (Å²) < 4.78 is 47.1. The Bertz CT molecular complexity index is 1940. The summed E-state index contributed by atoms with van der Waals surface area (Å²) in [6.45, 7) is 1.98. The fraction of sp³-hybridized carbons (Fsp3) is 0.450. The third-order valence-corrected chi connectivity index (χ3v) is 13.2. The second-order valence-corrected chi connectivity index (χ2v) is 17.0. The molecule has 5 atom stereocenters. The molecule has 0 radical (unpaired) electrons. The number of nitrogens with one attached hydrogen (secondary N) is 1. The van der Waals surface area contributed by atoms with E-state index in [-0.39, 0.29) is 35.1 Å². The number of methoxy groups -OCH3 is 1. The molecule has 2 bridgehead atoms. The molecule has 1 saturated carbocycles. The number of rotatable bonds is 5. The summed E-state index contributed by atoms with van der Waals surface area (Å²) >= 11 is 6.44. The summed E-state index contributed by atoms with van der Waals surface area (Å²) in [6.07, 6.45) is 10.6. The summed E-state index contributed by atoms with van der Waals surface area (Å²) in [7, 11) is -1.71. The summed E-state index contributed by atoms with van der Waals surface area (Å²) in [5.74, 6) is -0.0596. The maximum atomic E-state index is 14.2. The fourth-order valence-electron chi connectivity index (χ4n) is 8.25. The van der Waals surface area contributed by atoms with E-state index < -0.39 is 21.7 Å². The van der Waals surface area contributed by atoms with Crippen molar-refractivity contribution in [3.8, 4) is 5.75 Å². The molecule has 51 heavy (non-hydrogen) atoms. The number of hydrogen-bond acceptors (Lipinski definition) is 6. The number of ether oxygens (including phenoxy) is 2. The van der Waals surface area contributed by atoms with E-state index in [2.05, 4.69) is 32.2 Å². The van der Waals surface area contributed by atoms with Gasteiger partial charge in [-0.3, -0.25) is 14.3 Å². The number of allylic oxidation sites excluding steroid dienone is 1. The first-order valence-corrected chi connectivity index (χ1v) is 20.0. The van der Waals surface area contributed by atoms with E-state index in [1.807, 2.05) is 24.3 Å². The lowest BCUT2D eigenvalue weighted by Crippen LogP contribution is -2.49. The first-order chi connectivity index (χ1) is 24.6. The zero-order chi connectivity index (χ0) is 35.6. The van der Waals surface area contributed by atoms with Gasteiger partial charge in [-0.05, 0) is 122 Å². The van der Waals surface area contributed by atoms with Crippen LogP contribution in [0.4, 0.5) is 10.1 Å². The molecule has 3 aromatic carbocycles.